The van der Waals surface area contributed by atoms with Crippen molar-refractivity contribution in [2.75, 3.05) is 22.5 Å². The van der Waals surface area contributed by atoms with Crippen LogP contribution in [-0.2, 0) is 6.42 Å². The predicted octanol–water partition coefficient (Wildman–Crippen LogP) is 6.32. The molecule has 39 heavy (non-hydrogen) atoms. The molecule has 8 nitrogen and oxygen atoms in total. The van der Waals surface area contributed by atoms with E-state index in [0.717, 1.165) is 40.4 Å². The lowest BCUT2D eigenvalue weighted by molar-refractivity contribution is 0.963. The average molecular weight is 535 g/mol. The van der Waals surface area contributed by atoms with Crippen LogP contribution in [0.1, 0.15) is 17.0 Å². The molecule has 5 rings (SSSR count). The largest absolute Gasteiger partial charge is 0.361 e. The fourth-order valence-corrected chi connectivity index (χ4v) is 4.43. The maximum atomic E-state index is 5.61. The summed E-state index contributed by atoms with van der Waals surface area (Å²) < 4.78 is 0. The Morgan fingerprint density at radius 1 is 0.821 bits per heavy atom. The summed E-state index contributed by atoms with van der Waals surface area (Å²) >= 11 is 5.61. The average Bonchev–Trinajstić information content (AvgIpc) is 3.33. The molecule has 0 bridgehead atoms. The van der Waals surface area contributed by atoms with Gasteiger partial charge in [0, 0.05) is 52.1 Å². The number of thiocarbonyl (C=S) groups is 1. The number of aliphatic imine (C=N–C) groups is 1. The molecule has 0 spiro atoms. The van der Waals surface area contributed by atoms with Crippen molar-refractivity contribution in [1.82, 2.24) is 20.3 Å². The van der Waals surface area contributed by atoms with E-state index >= 15 is 0 Å². The van der Waals surface area contributed by atoms with Gasteiger partial charge in [-0.25, -0.2) is 9.97 Å². The molecule has 0 atom stereocenters. The first-order chi connectivity index (χ1) is 19.0. The number of H-pyrrole nitrogens is 1. The van der Waals surface area contributed by atoms with Crippen molar-refractivity contribution in [3.8, 4) is 0 Å². The van der Waals surface area contributed by atoms with E-state index in [4.69, 9.17) is 17.2 Å². The second kappa shape index (κ2) is 12.2. The molecule has 0 aliphatic rings. The number of aryl methyl sites for hydroxylation is 2. The highest BCUT2D eigenvalue weighted by Crippen LogP contribution is 2.19. The summed E-state index contributed by atoms with van der Waals surface area (Å²) in [6.07, 6.45) is 2.80. The van der Waals surface area contributed by atoms with E-state index in [0.29, 0.717) is 23.6 Å². The molecule has 2 heterocycles. The third kappa shape index (κ3) is 7.18. The zero-order valence-corrected chi connectivity index (χ0v) is 22.6. The highest BCUT2D eigenvalue weighted by atomic mass is 32.1. The Morgan fingerprint density at radius 2 is 1.49 bits per heavy atom. The number of aromatic amines is 1. The summed E-state index contributed by atoms with van der Waals surface area (Å²) in [4.78, 5) is 17.1. The van der Waals surface area contributed by atoms with E-state index < -0.39 is 0 Å². The number of anilines is 4. The third-order valence-corrected chi connectivity index (χ3v) is 6.18. The Labute approximate surface area is 233 Å². The van der Waals surface area contributed by atoms with Crippen LogP contribution in [0.2, 0.25) is 0 Å². The van der Waals surface area contributed by atoms with Crippen LogP contribution in [0, 0.1) is 13.8 Å². The van der Waals surface area contributed by atoms with Gasteiger partial charge in [0.05, 0.1) is 0 Å². The van der Waals surface area contributed by atoms with Crippen LogP contribution in [0.5, 0.6) is 0 Å². The lowest BCUT2D eigenvalue weighted by atomic mass is 10.1. The molecule has 0 fully saturated rings. The molecule has 0 aliphatic carbocycles. The molecule has 5 aromatic rings. The zero-order chi connectivity index (χ0) is 27.0. The molecule has 0 saturated carbocycles. The Balaban J connectivity index is 1.26. The second-order valence-electron chi connectivity index (χ2n) is 9.09. The topological polar surface area (TPSA) is 102 Å². The van der Waals surface area contributed by atoms with Crippen LogP contribution in [-0.4, -0.2) is 32.6 Å². The van der Waals surface area contributed by atoms with E-state index in [1.807, 2.05) is 92.8 Å². The number of nitrogens with one attached hydrogen (secondary N) is 5. The van der Waals surface area contributed by atoms with E-state index in [-0.39, 0.29) is 0 Å². The molecule has 196 valence electrons. The van der Waals surface area contributed by atoms with Crippen LogP contribution < -0.4 is 21.3 Å². The minimum atomic E-state index is 0.404. The van der Waals surface area contributed by atoms with Gasteiger partial charge >= 0.3 is 0 Å². The number of aromatic nitrogens is 3. The van der Waals surface area contributed by atoms with Crippen molar-refractivity contribution in [3.63, 3.8) is 0 Å². The number of fused-ring (bicyclic) bond motifs is 1. The van der Waals surface area contributed by atoms with Crippen LogP contribution in [0.15, 0.2) is 96.1 Å². The molecule has 3 aromatic carbocycles. The Morgan fingerprint density at radius 3 is 2.26 bits per heavy atom. The molecule has 0 unspecified atom stereocenters. The number of hydrogen-bond acceptors (Lipinski definition) is 5. The SMILES string of the molecule is Cc1cc(C)nc(NC(=NCCc2c[nH]c3ccccc23)NC(=S)Nc2ccc(Nc3ccccc3)cc2)n1. The van der Waals surface area contributed by atoms with Gasteiger partial charge in [-0.2, -0.15) is 0 Å². The van der Waals surface area contributed by atoms with Crippen LogP contribution in [0.3, 0.4) is 0 Å². The predicted molar refractivity (Wildman–Crippen MR) is 165 cm³/mol. The van der Waals surface area contributed by atoms with Gasteiger partial charge in [-0.3, -0.25) is 10.3 Å². The van der Waals surface area contributed by atoms with Crippen molar-refractivity contribution >= 4 is 57.2 Å². The highest BCUT2D eigenvalue weighted by molar-refractivity contribution is 7.80. The van der Waals surface area contributed by atoms with Gasteiger partial charge < -0.3 is 20.9 Å². The summed E-state index contributed by atoms with van der Waals surface area (Å²) in [5.41, 5.74) is 6.93. The summed E-state index contributed by atoms with van der Waals surface area (Å²) in [6.45, 7) is 4.41. The normalized spacial score (nSPS) is 11.3. The Hall–Kier alpha value is -4.76. The second-order valence-corrected chi connectivity index (χ2v) is 9.49. The van der Waals surface area contributed by atoms with Crippen molar-refractivity contribution in [2.24, 2.45) is 4.99 Å². The number of para-hydroxylation sites is 2. The van der Waals surface area contributed by atoms with Crippen molar-refractivity contribution in [1.29, 1.82) is 0 Å². The third-order valence-electron chi connectivity index (χ3n) is 5.98. The fourth-order valence-electron chi connectivity index (χ4n) is 4.22. The first kappa shape index (κ1) is 25.9. The summed E-state index contributed by atoms with van der Waals surface area (Å²) in [7, 11) is 0. The van der Waals surface area contributed by atoms with Gasteiger partial charge in [0.15, 0.2) is 5.11 Å². The molecule has 0 saturated heterocycles. The smallest absolute Gasteiger partial charge is 0.229 e. The van der Waals surface area contributed by atoms with Crippen molar-refractivity contribution in [2.45, 2.75) is 20.3 Å². The first-order valence-corrected chi connectivity index (χ1v) is 13.1. The van der Waals surface area contributed by atoms with Gasteiger partial charge in [-0.15, -0.1) is 0 Å². The number of nitrogens with zero attached hydrogens (tertiary/aromatic N) is 3. The monoisotopic (exact) mass is 534 g/mol. The molecule has 0 aliphatic heterocycles. The molecule has 2 aromatic heterocycles. The van der Waals surface area contributed by atoms with Crippen molar-refractivity contribution in [3.05, 3.63) is 108 Å². The van der Waals surface area contributed by atoms with Gasteiger partial charge in [-0.1, -0.05) is 36.4 Å². The van der Waals surface area contributed by atoms with Gasteiger partial charge in [-0.05, 0) is 86.6 Å². The zero-order valence-electron chi connectivity index (χ0n) is 21.8. The minimum Gasteiger partial charge on any atom is -0.361 e. The lowest BCUT2D eigenvalue weighted by Crippen LogP contribution is -2.39. The first-order valence-electron chi connectivity index (χ1n) is 12.7. The summed E-state index contributed by atoms with van der Waals surface area (Å²) in [5, 5.41) is 14.6. The van der Waals surface area contributed by atoms with Crippen molar-refractivity contribution < 1.29 is 0 Å². The quantitative estimate of drug-likeness (QED) is 0.0947. The van der Waals surface area contributed by atoms with Crippen LogP contribution in [0.25, 0.3) is 10.9 Å². The number of rotatable bonds is 7. The molecular formula is C30H30N8S. The standard InChI is InChI=1S/C30H30N8S/c1-20-18-21(2)34-29(33-20)37-28(31-17-16-22-19-32-27-11-7-6-10-26(22)27)38-30(39)36-25-14-12-24(13-15-25)35-23-8-4-3-5-9-23/h3-15,18-19,32,35H,16-17H2,1-2H3,(H3,31,33,34,36,37,38,39). The van der Waals surface area contributed by atoms with Crippen LogP contribution >= 0.6 is 12.2 Å². The van der Waals surface area contributed by atoms with E-state index in [1.165, 1.54) is 10.9 Å². The van der Waals surface area contributed by atoms with E-state index in [1.54, 1.807) is 0 Å². The molecule has 9 heteroatoms. The fraction of sp³-hybridized carbons (Fsp3) is 0.133. The van der Waals surface area contributed by atoms with Gasteiger partial charge in [0.25, 0.3) is 0 Å². The number of guanidine groups is 1. The Bertz CT molecular complexity index is 1570. The maximum absolute atomic E-state index is 5.61. The maximum Gasteiger partial charge on any atom is 0.229 e. The molecule has 5 N–H and O–H groups in total. The summed E-state index contributed by atoms with van der Waals surface area (Å²) in [5.74, 6) is 0.935. The molecule has 0 radical (unpaired) electrons. The number of hydrogen-bond donors (Lipinski definition) is 5. The van der Waals surface area contributed by atoms with E-state index in [2.05, 4.69) is 48.4 Å². The van der Waals surface area contributed by atoms with Crippen LogP contribution in [0.4, 0.5) is 23.0 Å². The summed E-state index contributed by atoms with van der Waals surface area (Å²) in [6, 6.07) is 28.1. The van der Waals surface area contributed by atoms with E-state index in [9.17, 15) is 0 Å². The molecular weight excluding hydrogens is 504 g/mol. The van der Waals surface area contributed by atoms with Gasteiger partial charge in [0.1, 0.15) is 0 Å². The Kier molecular flexibility index (Phi) is 8.09. The highest BCUT2D eigenvalue weighted by Gasteiger charge is 2.09. The minimum absolute atomic E-state index is 0.404. The van der Waals surface area contributed by atoms with Gasteiger partial charge in [0.2, 0.25) is 11.9 Å². The lowest BCUT2D eigenvalue weighted by Gasteiger charge is -2.15. The molecule has 0 amide bonds. The number of benzene rings is 3.